The molecule has 2 aromatic rings. The average Bonchev–Trinajstić information content (AvgIpc) is 2.44. The number of aryl methyl sites for hydroxylation is 1. The van der Waals surface area contributed by atoms with E-state index in [4.69, 9.17) is 4.74 Å². The molecule has 0 fully saturated rings. The van der Waals surface area contributed by atoms with Gasteiger partial charge < -0.3 is 10.1 Å². The Morgan fingerprint density at radius 2 is 2.05 bits per heavy atom. The van der Waals surface area contributed by atoms with E-state index < -0.39 is 0 Å². The van der Waals surface area contributed by atoms with Crippen molar-refractivity contribution in [3.8, 4) is 5.88 Å². The molecule has 106 valence electrons. The molecule has 1 aromatic heterocycles. The third kappa shape index (κ3) is 4.20. The van der Waals surface area contributed by atoms with Crippen LogP contribution in [0, 0.1) is 6.92 Å². The van der Waals surface area contributed by atoms with Gasteiger partial charge in [-0.05, 0) is 19.4 Å². The minimum absolute atomic E-state index is 0.477. The number of aromatic nitrogens is 2. The summed E-state index contributed by atoms with van der Waals surface area (Å²) in [5, 5.41) is 3.17. The average molecular weight is 336 g/mol. The predicted octanol–water partition coefficient (Wildman–Crippen LogP) is 3.95. The van der Waals surface area contributed by atoms with E-state index in [2.05, 4.69) is 38.1 Å². The van der Waals surface area contributed by atoms with Gasteiger partial charge in [0.2, 0.25) is 11.8 Å². The van der Waals surface area contributed by atoms with E-state index in [0.29, 0.717) is 18.4 Å². The minimum Gasteiger partial charge on any atom is -0.473 e. The number of nitrogens with zero attached hydrogens (tertiary/aromatic N) is 2. The summed E-state index contributed by atoms with van der Waals surface area (Å²) in [6, 6.07) is 9.83. The molecule has 0 aliphatic rings. The lowest BCUT2D eigenvalue weighted by atomic mass is 10.2. The van der Waals surface area contributed by atoms with Crippen molar-refractivity contribution in [3.63, 3.8) is 0 Å². The van der Waals surface area contributed by atoms with Crippen LogP contribution in [-0.2, 0) is 6.61 Å². The van der Waals surface area contributed by atoms with Crippen LogP contribution in [0.25, 0.3) is 0 Å². The van der Waals surface area contributed by atoms with Crippen LogP contribution in [0.4, 0.5) is 5.95 Å². The van der Waals surface area contributed by atoms with Crippen molar-refractivity contribution < 1.29 is 4.74 Å². The van der Waals surface area contributed by atoms with Crippen LogP contribution in [0.3, 0.4) is 0 Å². The van der Waals surface area contributed by atoms with Gasteiger partial charge in [0, 0.05) is 28.3 Å². The molecule has 1 N–H and O–H groups in total. The molecule has 1 heterocycles. The van der Waals surface area contributed by atoms with Crippen LogP contribution in [0.5, 0.6) is 5.88 Å². The monoisotopic (exact) mass is 335 g/mol. The fourth-order valence-corrected chi connectivity index (χ4v) is 2.10. The molecular formula is C15H18BrN3O. The fourth-order valence-electron chi connectivity index (χ4n) is 1.70. The molecule has 4 nitrogen and oxygen atoms in total. The Morgan fingerprint density at radius 1 is 1.25 bits per heavy atom. The maximum atomic E-state index is 5.75. The standard InChI is InChI=1S/C15H18BrN3O/c1-3-8-17-15-18-11(2)9-14(19-15)20-10-12-6-4-5-7-13(12)16/h4-7,9H,3,8,10H2,1-2H3,(H,17,18,19). The van der Waals surface area contributed by atoms with Gasteiger partial charge in [0.05, 0.1) is 0 Å². The van der Waals surface area contributed by atoms with Gasteiger partial charge in [-0.15, -0.1) is 0 Å². The highest BCUT2D eigenvalue weighted by Crippen LogP contribution is 2.19. The first-order valence-electron chi connectivity index (χ1n) is 6.65. The van der Waals surface area contributed by atoms with Crippen molar-refractivity contribution in [3.05, 3.63) is 46.1 Å². The molecule has 0 saturated carbocycles. The van der Waals surface area contributed by atoms with E-state index in [1.165, 1.54) is 0 Å². The normalized spacial score (nSPS) is 10.3. The van der Waals surface area contributed by atoms with Crippen molar-refractivity contribution in [2.45, 2.75) is 26.9 Å². The SMILES string of the molecule is CCCNc1nc(C)cc(OCc2ccccc2Br)n1. The molecule has 20 heavy (non-hydrogen) atoms. The second kappa shape index (κ2) is 7.24. The summed E-state index contributed by atoms with van der Waals surface area (Å²) in [6.45, 7) is 5.37. The lowest BCUT2D eigenvalue weighted by molar-refractivity contribution is 0.292. The Kier molecular flexibility index (Phi) is 5.35. The smallest absolute Gasteiger partial charge is 0.226 e. The number of ether oxygens (including phenoxy) is 1. The topological polar surface area (TPSA) is 47.0 Å². The molecular weight excluding hydrogens is 318 g/mol. The summed E-state index contributed by atoms with van der Waals surface area (Å²) in [5.41, 5.74) is 1.98. The molecule has 5 heteroatoms. The van der Waals surface area contributed by atoms with E-state index in [1.54, 1.807) is 0 Å². The first kappa shape index (κ1) is 14.8. The van der Waals surface area contributed by atoms with Crippen molar-refractivity contribution in [2.24, 2.45) is 0 Å². The molecule has 0 amide bonds. The number of nitrogens with one attached hydrogen (secondary N) is 1. The van der Waals surface area contributed by atoms with E-state index in [0.717, 1.165) is 28.7 Å². The zero-order valence-corrected chi connectivity index (χ0v) is 13.3. The van der Waals surface area contributed by atoms with Gasteiger partial charge in [0.15, 0.2) is 0 Å². The van der Waals surface area contributed by atoms with Crippen LogP contribution < -0.4 is 10.1 Å². The van der Waals surface area contributed by atoms with Gasteiger partial charge in [0.25, 0.3) is 0 Å². The number of benzene rings is 1. The molecule has 1 aromatic carbocycles. The molecule has 0 spiro atoms. The minimum atomic E-state index is 0.477. The summed E-state index contributed by atoms with van der Waals surface area (Å²) in [6.07, 6.45) is 1.03. The molecule has 0 atom stereocenters. The van der Waals surface area contributed by atoms with Crippen LogP contribution in [0.2, 0.25) is 0 Å². The quantitative estimate of drug-likeness (QED) is 0.868. The molecule has 0 aliphatic heterocycles. The highest BCUT2D eigenvalue weighted by Gasteiger charge is 2.04. The van der Waals surface area contributed by atoms with Gasteiger partial charge in [-0.2, -0.15) is 4.98 Å². The van der Waals surface area contributed by atoms with Gasteiger partial charge >= 0.3 is 0 Å². The largest absolute Gasteiger partial charge is 0.473 e. The highest BCUT2D eigenvalue weighted by molar-refractivity contribution is 9.10. The van der Waals surface area contributed by atoms with Crippen LogP contribution in [0.1, 0.15) is 24.6 Å². The zero-order valence-electron chi connectivity index (χ0n) is 11.7. The lowest BCUT2D eigenvalue weighted by Gasteiger charge is -2.10. The number of hydrogen-bond donors (Lipinski definition) is 1. The number of halogens is 1. The molecule has 2 rings (SSSR count). The molecule has 0 unspecified atom stereocenters. The molecule has 0 saturated heterocycles. The number of hydrogen-bond acceptors (Lipinski definition) is 4. The van der Waals surface area contributed by atoms with Gasteiger partial charge in [0.1, 0.15) is 6.61 Å². The first-order chi connectivity index (χ1) is 9.69. The van der Waals surface area contributed by atoms with Crippen LogP contribution >= 0.6 is 15.9 Å². The van der Waals surface area contributed by atoms with Gasteiger partial charge in [-0.25, -0.2) is 4.98 Å². The van der Waals surface area contributed by atoms with E-state index in [1.807, 2.05) is 37.3 Å². The Balaban J connectivity index is 2.05. The molecule has 0 radical (unpaired) electrons. The first-order valence-corrected chi connectivity index (χ1v) is 7.44. The van der Waals surface area contributed by atoms with Crippen molar-refractivity contribution >= 4 is 21.9 Å². The van der Waals surface area contributed by atoms with Crippen molar-refractivity contribution in [1.29, 1.82) is 0 Å². The summed E-state index contributed by atoms with van der Waals surface area (Å²) in [7, 11) is 0. The fraction of sp³-hybridized carbons (Fsp3) is 0.333. The van der Waals surface area contributed by atoms with Crippen molar-refractivity contribution in [1.82, 2.24) is 9.97 Å². The lowest BCUT2D eigenvalue weighted by Crippen LogP contribution is -2.07. The Hall–Kier alpha value is -1.62. The maximum Gasteiger partial charge on any atom is 0.226 e. The van der Waals surface area contributed by atoms with E-state index in [9.17, 15) is 0 Å². The Morgan fingerprint density at radius 3 is 2.80 bits per heavy atom. The second-order valence-electron chi connectivity index (χ2n) is 4.48. The molecule has 0 bridgehead atoms. The summed E-state index contributed by atoms with van der Waals surface area (Å²) < 4.78 is 6.79. The van der Waals surface area contributed by atoms with Gasteiger partial charge in [-0.3, -0.25) is 0 Å². The maximum absolute atomic E-state index is 5.75. The van der Waals surface area contributed by atoms with E-state index in [-0.39, 0.29) is 0 Å². The van der Waals surface area contributed by atoms with Gasteiger partial charge in [-0.1, -0.05) is 41.1 Å². The second-order valence-corrected chi connectivity index (χ2v) is 5.33. The Bertz CT molecular complexity index is 575. The third-order valence-corrected chi connectivity index (χ3v) is 3.47. The summed E-state index contributed by atoms with van der Waals surface area (Å²) in [4.78, 5) is 8.69. The van der Waals surface area contributed by atoms with E-state index >= 15 is 0 Å². The summed E-state index contributed by atoms with van der Waals surface area (Å²) >= 11 is 3.51. The number of rotatable bonds is 6. The van der Waals surface area contributed by atoms with Crippen molar-refractivity contribution in [2.75, 3.05) is 11.9 Å². The number of anilines is 1. The predicted molar refractivity (Wildman–Crippen MR) is 84.0 cm³/mol. The van der Waals surface area contributed by atoms with Crippen LogP contribution in [0.15, 0.2) is 34.8 Å². The highest BCUT2D eigenvalue weighted by atomic mass is 79.9. The third-order valence-electron chi connectivity index (χ3n) is 2.70. The van der Waals surface area contributed by atoms with Crippen LogP contribution in [-0.4, -0.2) is 16.5 Å². The summed E-state index contributed by atoms with van der Waals surface area (Å²) in [5.74, 6) is 1.21. The zero-order chi connectivity index (χ0) is 14.4. The Labute approximate surface area is 127 Å². The molecule has 0 aliphatic carbocycles.